The van der Waals surface area contributed by atoms with Gasteiger partial charge < -0.3 is 14.8 Å². The van der Waals surface area contributed by atoms with E-state index in [1.165, 1.54) is 6.07 Å². The minimum atomic E-state index is -4.51. The summed E-state index contributed by atoms with van der Waals surface area (Å²) >= 11 is 0. The Labute approximate surface area is 155 Å². The van der Waals surface area contributed by atoms with Crippen molar-refractivity contribution in [2.24, 2.45) is 0 Å². The van der Waals surface area contributed by atoms with E-state index in [1.54, 1.807) is 6.92 Å². The van der Waals surface area contributed by atoms with Crippen LogP contribution in [0.3, 0.4) is 0 Å². The smallest absolute Gasteiger partial charge is 0.340 e. The molecule has 2 N–H and O–H groups in total. The first-order valence-electron chi connectivity index (χ1n) is 8.26. The molecule has 0 spiro atoms. The minimum Gasteiger partial charge on any atom is -0.453 e. The maximum atomic E-state index is 12.7. The SMILES string of the molecule is CCNc1ccc(S(=O)(=O)O)cc1C(=O)OC1C2CC3C(O2)C1OS3(=O)=O. The quantitative estimate of drug-likeness (QED) is 0.384. The van der Waals surface area contributed by atoms with E-state index in [1.807, 2.05) is 0 Å². The van der Waals surface area contributed by atoms with Gasteiger partial charge in [0.25, 0.3) is 20.2 Å². The van der Waals surface area contributed by atoms with Crippen LogP contribution in [-0.2, 0) is 33.9 Å². The summed E-state index contributed by atoms with van der Waals surface area (Å²) in [5.74, 6) is -0.873. The second kappa shape index (κ2) is 6.14. The lowest BCUT2D eigenvalue weighted by Gasteiger charge is -2.22. The van der Waals surface area contributed by atoms with Gasteiger partial charge in [-0.25, -0.2) is 4.79 Å². The number of hydrogen-bond donors (Lipinski definition) is 2. The summed E-state index contributed by atoms with van der Waals surface area (Å²) < 4.78 is 71.9. The topological polar surface area (TPSA) is 145 Å². The van der Waals surface area contributed by atoms with Gasteiger partial charge in [0, 0.05) is 12.2 Å². The summed E-state index contributed by atoms with van der Waals surface area (Å²) in [4.78, 5) is 12.2. The first-order chi connectivity index (χ1) is 12.6. The first kappa shape index (κ1) is 18.6. The molecule has 0 saturated carbocycles. The number of nitrogens with one attached hydrogen (secondary N) is 1. The zero-order valence-electron chi connectivity index (χ0n) is 14.1. The number of fused-ring (bicyclic) bond motifs is 1. The summed E-state index contributed by atoms with van der Waals surface area (Å²) in [5.41, 5.74) is 0.212. The summed E-state index contributed by atoms with van der Waals surface area (Å²) in [6.07, 6.45) is -2.92. The predicted octanol–water partition coefficient (Wildman–Crippen LogP) is 0.159. The van der Waals surface area contributed by atoms with Crippen LogP contribution in [0.5, 0.6) is 0 Å². The van der Waals surface area contributed by atoms with E-state index in [-0.39, 0.29) is 12.0 Å². The maximum Gasteiger partial charge on any atom is 0.340 e. The molecular formula is C15H17NO9S2. The standard InChI is InChI=1S/C15H17NO9S2/c1-2-16-9-4-3-7(26(18,19)20)5-8(9)15(17)24-12-10-6-11-13(23-10)14(12)25-27(11,21)22/h3-5,10-14,16H,2,6H2,1H3,(H,18,19,20). The third-order valence-corrected chi connectivity index (χ3v) is 7.45. The number of benzene rings is 1. The van der Waals surface area contributed by atoms with E-state index in [0.717, 1.165) is 12.1 Å². The van der Waals surface area contributed by atoms with Crippen molar-refractivity contribution in [1.82, 2.24) is 0 Å². The fourth-order valence-electron chi connectivity index (χ4n) is 3.75. The van der Waals surface area contributed by atoms with Gasteiger partial charge in [0.2, 0.25) is 0 Å². The summed E-state index contributed by atoms with van der Waals surface area (Å²) in [6.45, 7) is 2.24. The van der Waals surface area contributed by atoms with Gasteiger partial charge >= 0.3 is 5.97 Å². The molecule has 5 atom stereocenters. The van der Waals surface area contributed by atoms with Crippen LogP contribution >= 0.6 is 0 Å². The van der Waals surface area contributed by atoms with Crippen molar-refractivity contribution in [3.63, 3.8) is 0 Å². The average Bonchev–Trinajstić information content (AvgIpc) is 3.18. The zero-order chi connectivity index (χ0) is 19.6. The molecule has 0 amide bonds. The Morgan fingerprint density at radius 1 is 1.37 bits per heavy atom. The van der Waals surface area contributed by atoms with Crippen molar-refractivity contribution < 1.29 is 39.8 Å². The highest BCUT2D eigenvalue weighted by atomic mass is 32.2. The highest BCUT2D eigenvalue weighted by Gasteiger charge is 2.67. The number of rotatable bonds is 5. The Kier molecular flexibility index (Phi) is 4.23. The van der Waals surface area contributed by atoms with Gasteiger partial charge in [-0.2, -0.15) is 16.8 Å². The van der Waals surface area contributed by atoms with E-state index in [9.17, 15) is 26.2 Å². The largest absolute Gasteiger partial charge is 0.453 e. The molecule has 0 aliphatic carbocycles. The van der Waals surface area contributed by atoms with Gasteiger partial charge in [0.1, 0.15) is 17.5 Å². The molecular weight excluding hydrogens is 402 g/mol. The van der Waals surface area contributed by atoms with E-state index in [2.05, 4.69) is 5.32 Å². The fraction of sp³-hybridized carbons (Fsp3) is 0.533. The Morgan fingerprint density at radius 3 is 2.78 bits per heavy atom. The highest BCUT2D eigenvalue weighted by molar-refractivity contribution is 7.87. The number of ether oxygens (including phenoxy) is 2. The normalized spacial score (nSPS) is 33.2. The lowest BCUT2D eigenvalue weighted by atomic mass is 9.94. The molecule has 3 saturated heterocycles. The molecule has 1 aromatic rings. The number of carbonyl (C=O) groups excluding carboxylic acids is 1. The maximum absolute atomic E-state index is 12.7. The van der Waals surface area contributed by atoms with Crippen LogP contribution in [0.2, 0.25) is 0 Å². The molecule has 0 aromatic heterocycles. The van der Waals surface area contributed by atoms with Crippen molar-refractivity contribution in [3.05, 3.63) is 23.8 Å². The fourth-order valence-corrected chi connectivity index (χ4v) is 5.90. The molecule has 1 aromatic carbocycles. The number of anilines is 1. The van der Waals surface area contributed by atoms with Crippen LogP contribution in [0.15, 0.2) is 23.1 Å². The van der Waals surface area contributed by atoms with E-state index >= 15 is 0 Å². The number of esters is 1. The molecule has 2 bridgehead atoms. The Morgan fingerprint density at radius 2 is 2.11 bits per heavy atom. The van der Waals surface area contributed by atoms with Crippen molar-refractivity contribution in [3.8, 4) is 0 Å². The molecule has 3 aliphatic rings. The number of hydrogen-bond acceptors (Lipinski definition) is 9. The summed E-state index contributed by atoms with van der Waals surface area (Å²) in [5, 5.41) is 2.16. The van der Waals surface area contributed by atoms with Crippen LogP contribution in [0.4, 0.5) is 5.69 Å². The Bertz CT molecular complexity index is 1000. The Hall–Kier alpha value is -1.73. The average molecular weight is 419 g/mol. The van der Waals surface area contributed by atoms with Gasteiger partial charge in [-0.15, -0.1) is 0 Å². The van der Waals surface area contributed by atoms with Gasteiger partial charge in [0.15, 0.2) is 6.10 Å². The van der Waals surface area contributed by atoms with Crippen molar-refractivity contribution in [1.29, 1.82) is 0 Å². The van der Waals surface area contributed by atoms with Gasteiger partial charge in [-0.1, -0.05) is 0 Å². The molecule has 4 rings (SSSR count). The molecule has 3 heterocycles. The van der Waals surface area contributed by atoms with Crippen LogP contribution in [0, 0.1) is 0 Å². The molecule has 27 heavy (non-hydrogen) atoms. The van der Waals surface area contributed by atoms with Crippen LogP contribution in [0.25, 0.3) is 0 Å². The highest BCUT2D eigenvalue weighted by Crippen LogP contribution is 2.48. The predicted molar refractivity (Wildman–Crippen MR) is 90.5 cm³/mol. The van der Waals surface area contributed by atoms with Crippen LogP contribution in [-0.4, -0.2) is 63.6 Å². The zero-order valence-corrected chi connectivity index (χ0v) is 15.7. The molecule has 12 heteroatoms. The van der Waals surface area contributed by atoms with E-state index in [0.29, 0.717) is 12.2 Å². The molecule has 10 nitrogen and oxygen atoms in total. The van der Waals surface area contributed by atoms with E-state index in [4.69, 9.17) is 13.7 Å². The molecule has 148 valence electrons. The van der Waals surface area contributed by atoms with Gasteiger partial charge in [0.05, 0.1) is 16.6 Å². The third kappa shape index (κ3) is 3.01. The van der Waals surface area contributed by atoms with Crippen molar-refractivity contribution in [2.75, 3.05) is 11.9 Å². The first-order valence-corrected chi connectivity index (χ1v) is 11.2. The lowest BCUT2D eigenvalue weighted by molar-refractivity contribution is -0.00944. The summed E-state index contributed by atoms with van der Waals surface area (Å²) in [7, 11) is -8.26. The van der Waals surface area contributed by atoms with Crippen molar-refractivity contribution in [2.45, 2.75) is 47.9 Å². The van der Waals surface area contributed by atoms with Crippen molar-refractivity contribution >= 4 is 31.9 Å². The molecule has 0 radical (unpaired) electrons. The Balaban J connectivity index is 1.62. The lowest BCUT2D eigenvalue weighted by Crippen LogP contribution is -2.41. The molecule has 5 unspecified atom stereocenters. The second-order valence-corrected chi connectivity index (χ2v) is 9.75. The molecule has 3 aliphatic heterocycles. The number of carbonyl (C=O) groups is 1. The monoisotopic (exact) mass is 419 g/mol. The molecule has 3 fully saturated rings. The van der Waals surface area contributed by atoms with Gasteiger partial charge in [-0.05, 0) is 31.5 Å². The van der Waals surface area contributed by atoms with Crippen LogP contribution < -0.4 is 5.32 Å². The van der Waals surface area contributed by atoms with Gasteiger partial charge in [-0.3, -0.25) is 8.74 Å². The summed E-state index contributed by atoms with van der Waals surface area (Å²) in [6, 6.07) is 3.49. The second-order valence-electron chi connectivity index (χ2n) is 6.55. The minimum absolute atomic E-state index is 0.104. The van der Waals surface area contributed by atoms with Crippen LogP contribution in [0.1, 0.15) is 23.7 Å². The van der Waals surface area contributed by atoms with E-state index < -0.39 is 60.8 Å². The third-order valence-electron chi connectivity index (χ3n) is 4.91.